The van der Waals surface area contributed by atoms with Gasteiger partial charge in [-0.2, -0.15) is 5.10 Å². The van der Waals surface area contributed by atoms with E-state index in [0.717, 1.165) is 16.3 Å². The number of thiophene rings is 1. The average Bonchev–Trinajstić information content (AvgIpc) is 3.50. The lowest BCUT2D eigenvalue weighted by atomic mass is 10.2. The summed E-state index contributed by atoms with van der Waals surface area (Å²) in [5.41, 5.74) is 2.75. The van der Waals surface area contributed by atoms with E-state index in [0.29, 0.717) is 37.6 Å². The summed E-state index contributed by atoms with van der Waals surface area (Å²) in [5, 5.41) is 6.73. The van der Waals surface area contributed by atoms with Crippen molar-refractivity contribution in [2.75, 3.05) is 31.1 Å². The van der Waals surface area contributed by atoms with Gasteiger partial charge in [-0.25, -0.2) is 9.07 Å². The van der Waals surface area contributed by atoms with Crippen molar-refractivity contribution in [3.63, 3.8) is 0 Å². The van der Waals surface area contributed by atoms with Crippen molar-refractivity contribution in [1.82, 2.24) is 14.7 Å². The summed E-state index contributed by atoms with van der Waals surface area (Å²) >= 11 is 1.60. The molecule has 0 atom stereocenters. The third-order valence-corrected chi connectivity index (χ3v) is 6.36. The Balaban J connectivity index is 1.41. The first-order valence-corrected chi connectivity index (χ1v) is 11.1. The Kier molecular flexibility index (Phi) is 5.26. The lowest BCUT2D eigenvalue weighted by molar-refractivity contribution is 0.0737. The van der Waals surface area contributed by atoms with Crippen LogP contribution in [-0.4, -0.2) is 46.8 Å². The molecule has 1 amide bonds. The van der Waals surface area contributed by atoms with Gasteiger partial charge >= 0.3 is 0 Å². The maximum Gasteiger partial charge on any atom is 0.272 e. The molecular formula is C24H21FN4OS. The molecule has 0 N–H and O–H groups in total. The standard InChI is InChI=1S/C24H21FN4OS/c25-19-9-4-5-10-21(19)27-12-14-28(15-13-27)24(30)22-17-20(23-11-6-16-31-23)26-29(22)18-7-2-1-3-8-18/h1-11,16-17H,12-15H2. The number of nitrogens with zero attached hydrogens (tertiary/aromatic N) is 4. The zero-order valence-electron chi connectivity index (χ0n) is 16.8. The monoisotopic (exact) mass is 432 g/mol. The summed E-state index contributed by atoms with van der Waals surface area (Å²) in [7, 11) is 0. The molecule has 0 aliphatic carbocycles. The molecule has 4 aromatic rings. The van der Waals surface area contributed by atoms with Crippen LogP contribution in [0.3, 0.4) is 0 Å². The third-order valence-electron chi connectivity index (χ3n) is 5.46. The first-order valence-electron chi connectivity index (χ1n) is 10.2. The summed E-state index contributed by atoms with van der Waals surface area (Å²) in [6.45, 7) is 2.23. The summed E-state index contributed by atoms with van der Waals surface area (Å²) in [6, 6.07) is 22.3. The van der Waals surface area contributed by atoms with Gasteiger partial charge in [0.1, 0.15) is 17.2 Å². The summed E-state index contributed by atoms with van der Waals surface area (Å²) in [6.07, 6.45) is 0. The van der Waals surface area contributed by atoms with Crippen molar-refractivity contribution < 1.29 is 9.18 Å². The smallest absolute Gasteiger partial charge is 0.272 e. The number of halogens is 1. The fourth-order valence-corrected chi connectivity index (χ4v) is 4.55. The fraction of sp³-hybridized carbons (Fsp3) is 0.167. The van der Waals surface area contributed by atoms with Gasteiger partial charge in [-0.1, -0.05) is 36.4 Å². The van der Waals surface area contributed by atoms with Gasteiger partial charge in [0.05, 0.1) is 16.3 Å². The number of anilines is 1. The van der Waals surface area contributed by atoms with Gasteiger partial charge in [0.2, 0.25) is 0 Å². The van der Waals surface area contributed by atoms with Gasteiger partial charge < -0.3 is 9.80 Å². The Hall–Kier alpha value is -3.45. The number of amides is 1. The van der Waals surface area contributed by atoms with Crippen LogP contribution < -0.4 is 4.90 Å². The molecule has 1 fully saturated rings. The number of benzene rings is 2. The Morgan fingerprint density at radius 2 is 1.65 bits per heavy atom. The number of carbonyl (C=O) groups is 1. The molecule has 0 spiro atoms. The maximum absolute atomic E-state index is 14.1. The molecule has 1 aliphatic rings. The Morgan fingerprint density at radius 3 is 2.35 bits per heavy atom. The van der Waals surface area contributed by atoms with Crippen LogP contribution in [0.4, 0.5) is 10.1 Å². The topological polar surface area (TPSA) is 41.4 Å². The Morgan fingerprint density at radius 1 is 0.903 bits per heavy atom. The lowest BCUT2D eigenvalue weighted by Gasteiger charge is -2.36. The SMILES string of the molecule is O=C(c1cc(-c2cccs2)nn1-c1ccccc1)N1CCN(c2ccccc2F)CC1. The van der Waals surface area contributed by atoms with E-state index in [9.17, 15) is 9.18 Å². The molecule has 7 heteroatoms. The Labute approximate surface area is 184 Å². The first-order chi connectivity index (χ1) is 15.2. The number of hydrogen-bond acceptors (Lipinski definition) is 4. The molecule has 0 bridgehead atoms. The molecule has 2 aromatic carbocycles. The zero-order valence-corrected chi connectivity index (χ0v) is 17.6. The van der Waals surface area contributed by atoms with Crippen molar-refractivity contribution in [3.8, 4) is 16.3 Å². The zero-order chi connectivity index (χ0) is 21.2. The number of rotatable bonds is 4. The van der Waals surface area contributed by atoms with Crippen LogP contribution in [0.15, 0.2) is 78.2 Å². The highest BCUT2D eigenvalue weighted by Gasteiger charge is 2.27. The van der Waals surface area contributed by atoms with Crippen molar-refractivity contribution in [3.05, 3.63) is 89.7 Å². The van der Waals surface area contributed by atoms with E-state index in [-0.39, 0.29) is 11.7 Å². The van der Waals surface area contributed by atoms with Gasteiger partial charge in [-0.05, 0) is 41.8 Å². The van der Waals surface area contributed by atoms with Crippen LogP contribution in [-0.2, 0) is 0 Å². The van der Waals surface area contributed by atoms with Crippen LogP contribution in [0.25, 0.3) is 16.3 Å². The molecule has 5 nitrogen and oxygen atoms in total. The van der Waals surface area contributed by atoms with Crippen LogP contribution in [0.2, 0.25) is 0 Å². The highest BCUT2D eigenvalue weighted by molar-refractivity contribution is 7.13. The quantitative estimate of drug-likeness (QED) is 0.469. The normalized spacial score (nSPS) is 14.1. The van der Waals surface area contributed by atoms with Gasteiger partial charge in [-0.15, -0.1) is 11.3 Å². The van der Waals surface area contributed by atoms with Crippen molar-refractivity contribution in [2.24, 2.45) is 0 Å². The summed E-state index contributed by atoms with van der Waals surface area (Å²) in [5.74, 6) is -0.294. The molecule has 31 heavy (non-hydrogen) atoms. The predicted octanol–water partition coefficient (Wildman–Crippen LogP) is 4.70. The second-order valence-corrected chi connectivity index (χ2v) is 8.32. The molecule has 1 aliphatic heterocycles. The van der Waals surface area contributed by atoms with E-state index >= 15 is 0 Å². The molecule has 5 rings (SSSR count). The summed E-state index contributed by atoms with van der Waals surface area (Å²) in [4.78, 5) is 18.3. The van der Waals surface area contributed by atoms with E-state index in [1.54, 1.807) is 28.2 Å². The lowest BCUT2D eigenvalue weighted by Crippen LogP contribution is -2.49. The van der Waals surface area contributed by atoms with Crippen molar-refractivity contribution in [1.29, 1.82) is 0 Å². The van der Waals surface area contributed by atoms with Crippen LogP contribution >= 0.6 is 11.3 Å². The number of aromatic nitrogens is 2. The van der Waals surface area contributed by atoms with Gasteiger partial charge in [0.25, 0.3) is 5.91 Å². The maximum atomic E-state index is 14.1. The number of para-hydroxylation sites is 2. The van der Waals surface area contributed by atoms with Crippen molar-refractivity contribution >= 4 is 22.9 Å². The van der Waals surface area contributed by atoms with E-state index in [2.05, 4.69) is 0 Å². The third kappa shape index (κ3) is 3.84. The van der Waals surface area contributed by atoms with E-state index in [4.69, 9.17) is 5.10 Å². The number of hydrogen-bond donors (Lipinski definition) is 0. The van der Waals surface area contributed by atoms with E-state index in [1.165, 1.54) is 6.07 Å². The van der Waals surface area contributed by atoms with Gasteiger partial charge in [0, 0.05) is 26.2 Å². The number of carbonyl (C=O) groups excluding carboxylic acids is 1. The average molecular weight is 433 g/mol. The van der Waals surface area contributed by atoms with Crippen molar-refractivity contribution in [2.45, 2.75) is 0 Å². The largest absolute Gasteiger partial charge is 0.366 e. The van der Waals surface area contributed by atoms with E-state index in [1.807, 2.05) is 69.8 Å². The molecule has 0 unspecified atom stereocenters. The molecule has 0 radical (unpaired) electrons. The predicted molar refractivity (Wildman–Crippen MR) is 121 cm³/mol. The molecule has 2 aromatic heterocycles. The highest BCUT2D eigenvalue weighted by Crippen LogP contribution is 2.27. The fourth-order valence-electron chi connectivity index (χ4n) is 3.86. The van der Waals surface area contributed by atoms with Crippen LogP contribution in [0, 0.1) is 5.82 Å². The highest BCUT2D eigenvalue weighted by atomic mass is 32.1. The second-order valence-electron chi connectivity index (χ2n) is 7.37. The minimum atomic E-state index is -0.231. The van der Waals surface area contributed by atoms with Crippen LogP contribution in [0.1, 0.15) is 10.5 Å². The molecular weight excluding hydrogens is 411 g/mol. The molecule has 0 saturated carbocycles. The van der Waals surface area contributed by atoms with Gasteiger partial charge in [-0.3, -0.25) is 4.79 Å². The van der Waals surface area contributed by atoms with Crippen LogP contribution in [0.5, 0.6) is 0 Å². The van der Waals surface area contributed by atoms with E-state index < -0.39 is 0 Å². The Bertz CT molecular complexity index is 1180. The molecule has 3 heterocycles. The first kappa shape index (κ1) is 19.5. The minimum absolute atomic E-state index is 0.0626. The molecule has 156 valence electrons. The minimum Gasteiger partial charge on any atom is -0.366 e. The number of piperazine rings is 1. The summed E-state index contributed by atoms with van der Waals surface area (Å²) < 4.78 is 15.9. The second kappa shape index (κ2) is 8.35. The molecule has 1 saturated heterocycles. The van der Waals surface area contributed by atoms with Gasteiger partial charge in [0.15, 0.2) is 0 Å².